The second-order valence-electron chi connectivity index (χ2n) is 6.57. The van der Waals surface area contributed by atoms with Gasteiger partial charge in [-0.2, -0.15) is 22.8 Å². The minimum atomic E-state index is -4.69. The van der Waals surface area contributed by atoms with Crippen molar-refractivity contribution in [3.05, 3.63) is 59.3 Å². The highest BCUT2D eigenvalue weighted by Gasteiger charge is 2.35. The number of carbonyl (C=O) groups excluding carboxylic acids is 1. The Bertz CT molecular complexity index is 1220. The molecule has 3 aromatic heterocycles. The van der Waals surface area contributed by atoms with Crippen molar-refractivity contribution in [3.8, 4) is 17.4 Å². The molecule has 0 radical (unpaired) electrons. The van der Waals surface area contributed by atoms with Crippen LogP contribution in [0.15, 0.2) is 34.9 Å². The van der Waals surface area contributed by atoms with Gasteiger partial charge in [-0.05, 0) is 26.0 Å². The monoisotopic (exact) mass is 432 g/mol. The minimum Gasteiger partial charge on any atom is -0.444 e. The number of benzene rings is 1. The molecule has 0 saturated heterocycles. The number of aryl methyl sites for hydroxylation is 2. The van der Waals surface area contributed by atoms with E-state index in [2.05, 4.69) is 30.5 Å². The van der Waals surface area contributed by atoms with Crippen LogP contribution in [0.4, 0.5) is 13.2 Å². The number of oxazole rings is 1. The number of aromatic nitrogens is 7. The molecule has 13 heteroatoms. The summed E-state index contributed by atoms with van der Waals surface area (Å²) in [5.74, 6) is -2.01. The maximum absolute atomic E-state index is 12.7. The molecule has 0 unspecified atom stereocenters. The van der Waals surface area contributed by atoms with E-state index in [1.165, 1.54) is 13.2 Å². The maximum Gasteiger partial charge on any atom is 0.451 e. The number of alkyl halides is 3. The Labute approximate surface area is 172 Å². The van der Waals surface area contributed by atoms with Gasteiger partial charge in [-0.15, -0.1) is 10.2 Å². The van der Waals surface area contributed by atoms with Gasteiger partial charge < -0.3 is 9.73 Å². The number of rotatable bonds is 5. The molecule has 2 N–H and O–H groups in total. The van der Waals surface area contributed by atoms with Crippen molar-refractivity contribution in [2.75, 3.05) is 0 Å². The van der Waals surface area contributed by atoms with Crippen LogP contribution in [0.25, 0.3) is 17.4 Å². The Hall–Kier alpha value is -4.03. The predicted octanol–water partition coefficient (Wildman–Crippen LogP) is 2.61. The lowest BCUT2D eigenvalue weighted by Crippen LogP contribution is -2.24. The van der Waals surface area contributed by atoms with Crippen molar-refractivity contribution in [1.82, 2.24) is 40.2 Å². The van der Waals surface area contributed by atoms with Crippen molar-refractivity contribution < 1.29 is 22.4 Å². The number of carbonyl (C=O) groups is 1. The average molecular weight is 432 g/mol. The first kappa shape index (κ1) is 20.3. The van der Waals surface area contributed by atoms with E-state index in [0.29, 0.717) is 11.6 Å². The van der Waals surface area contributed by atoms with Gasteiger partial charge in [-0.3, -0.25) is 9.89 Å². The average Bonchev–Trinajstić information content (AvgIpc) is 3.45. The van der Waals surface area contributed by atoms with Crippen molar-refractivity contribution in [1.29, 1.82) is 0 Å². The Balaban J connectivity index is 1.43. The summed E-state index contributed by atoms with van der Waals surface area (Å²) in [6.45, 7) is 3.47. The molecule has 0 bridgehead atoms. The fraction of sp³-hybridized carbons (Fsp3) is 0.222. The van der Waals surface area contributed by atoms with Gasteiger partial charge in [0, 0.05) is 5.56 Å². The molecule has 4 rings (SSSR count). The summed E-state index contributed by atoms with van der Waals surface area (Å²) in [4.78, 5) is 24.0. The Morgan fingerprint density at radius 1 is 1.16 bits per heavy atom. The first-order valence-corrected chi connectivity index (χ1v) is 8.94. The number of hydrogen-bond acceptors (Lipinski definition) is 7. The van der Waals surface area contributed by atoms with Crippen LogP contribution in [-0.4, -0.2) is 40.8 Å². The molecule has 0 saturated carbocycles. The maximum atomic E-state index is 12.7. The van der Waals surface area contributed by atoms with Crippen LogP contribution in [0.3, 0.4) is 0 Å². The lowest BCUT2D eigenvalue weighted by molar-refractivity contribution is -0.144. The number of hydrogen-bond donors (Lipinski definition) is 2. The molecule has 0 aliphatic heterocycles. The van der Waals surface area contributed by atoms with E-state index < -0.39 is 17.9 Å². The number of aromatic amines is 1. The molecule has 3 heterocycles. The first-order valence-electron chi connectivity index (χ1n) is 8.94. The summed E-state index contributed by atoms with van der Waals surface area (Å²) in [5.41, 5.74) is 2.37. The van der Waals surface area contributed by atoms with Crippen molar-refractivity contribution in [2.45, 2.75) is 26.6 Å². The van der Waals surface area contributed by atoms with Crippen LogP contribution >= 0.6 is 0 Å². The Morgan fingerprint density at radius 3 is 2.58 bits per heavy atom. The molecule has 0 aliphatic rings. The number of amides is 1. The summed E-state index contributed by atoms with van der Waals surface area (Å²) < 4.78 is 44.4. The van der Waals surface area contributed by atoms with E-state index >= 15 is 0 Å². The molecule has 0 aliphatic carbocycles. The molecule has 0 atom stereocenters. The zero-order valence-corrected chi connectivity index (χ0v) is 16.2. The number of nitrogens with one attached hydrogen (secondary N) is 2. The normalized spacial score (nSPS) is 11.6. The lowest BCUT2D eigenvalue weighted by atomic mass is 10.1. The van der Waals surface area contributed by atoms with Gasteiger partial charge in [0.1, 0.15) is 12.1 Å². The molecule has 1 amide bonds. The third kappa shape index (κ3) is 4.29. The predicted molar refractivity (Wildman–Crippen MR) is 98.9 cm³/mol. The van der Waals surface area contributed by atoms with E-state index in [9.17, 15) is 18.0 Å². The van der Waals surface area contributed by atoms with Crippen molar-refractivity contribution in [2.24, 2.45) is 0 Å². The van der Waals surface area contributed by atoms with Crippen molar-refractivity contribution in [3.63, 3.8) is 0 Å². The SMILES string of the molecule is Cc1ccc(-c2nc(CNC(=O)c3nc(C)n(-c4n[nH]c(C(F)(F)F)n4)n3)co2)cc1. The fourth-order valence-electron chi connectivity index (χ4n) is 2.62. The van der Waals surface area contributed by atoms with Gasteiger partial charge in [0.25, 0.3) is 11.9 Å². The second kappa shape index (κ2) is 7.66. The molecule has 31 heavy (non-hydrogen) atoms. The standard InChI is InChI=1S/C18H15F3N8O2/c1-9-3-5-11(6-4-9)15-24-12(8-31-15)7-22-14(30)13-23-10(2)29(28-13)17-25-16(26-27-17)18(19,20)21/h3-6,8H,7H2,1-2H3,(H,22,30)(H,25,26,27). The third-order valence-corrected chi connectivity index (χ3v) is 4.18. The second-order valence-corrected chi connectivity index (χ2v) is 6.57. The van der Waals surface area contributed by atoms with Gasteiger partial charge in [0.15, 0.2) is 0 Å². The molecule has 1 aromatic carbocycles. The summed E-state index contributed by atoms with van der Waals surface area (Å²) in [6, 6.07) is 7.60. The molecule has 10 nitrogen and oxygen atoms in total. The highest BCUT2D eigenvalue weighted by atomic mass is 19.4. The minimum absolute atomic E-state index is 0.0423. The van der Waals surface area contributed by atoms with E-state index in [1.807, 2.05) is 31.2 Å². The topological polar surface area (TPSA) is 127 Å². The van der Waals surface area contributed by atoms with Crippen LogP contribution in [0.1, 0.15) is 33.5 Å². The van der Waals surface area contributed by atoms with Gasteiger partial charge in [-0.1, -0.05) is 17.7 Å². The zero-order chi connectivity index (χ0) is 22.2. The molecular formula is C18H15F3N8O2. The first-order chi connectivity index (χ1) is 14.7. The molecule has 4 aromatic rings. The fourth-order valence-corrected chi connectivity index (χ4v) is 2.62. The highest BCUT2D eigenvalue weighted by molar-refractivity contribution is 5.90. The largest absolute Gasteiger partial charge is 0.451 e. The number of nitrogens with zero attached hydrogens (tertiary/aromatic N) is 6. The zero-order valence-electron chi connectivity index (χ0n) is 16.2. The Kier molecular flexibility index (Phi) is 5.01. The molecule has 0 spiro atoms. The number of halogens is 3. The lowest BCUT2D eigenvalue weighted by Gasteiger charge is -1.99. The summed E-state index contributed by atoms with van der Waals surface area (Å²) >= 11 is 0. The molecule has 0 fully saturated rings. The van der Waals surface area contributed by atoms with Crippen molar-refractivity contribution >= 4 is 5.91 Å². The van der Waals surface area contributed by atoms with E-state index in [4.69, 9.17) is 4.42 Å². The summed E-state index contributed by atoms with van der Waals surface area (Å²) in [7, 11) is 0. The number of H-pyrrole nitrogens is 1. The van der Waals surface area contributed by atoms with Gasteiger partial charge >= 0.3 is 6.18 Å². The van der Waals surface area contributed by atoms with Crippen LogP contribution in [0.2, 0.25) is 0 Å². The van der Waals surface area contributed by atoms with Crippen LogP contribution in [-0.2, 0) is 12.7 Å². The van der Waals surface area contributed by atoms with Gasteiger partial charge in [0.2, 0.25) is 17.5 Å². The van der Waals surface area contributed by atoms with E-state index in [1.54, 1.807) is 5.10 Å². The van der Waals surface area contributed by atoms with Gasteiger partial charge in [0.05, 0.1) is 12.2 Å². The molecular weight excluding hydrogens is 417 g/mol. The van der Waals surface area contributed by atoms with Crippen LogP contribution in [0, 0.1) is 13.8 Å². The van der Waals surface area contributed by atoms with Crippen LogP contribution < -0.4 is 5.32 Å². The molecule has 160 valence electrons. The van der Waals surface area contributed by atoms with Gasteiger partial charge in [-0.25, -0.2) is 9.97 Å². The van der Waals surface area contributed by atoms with E-state index in [0.717, 1.165) is 15.8 Å². The van der Waals surface area contributed by atoms with E-state index in [-0.39, 0.29) is 24.1 Å². The quantitative estimate of drug-likeness (QED) is 0.496. The summed E-state index contributed by atoms with van der Waals surface area (Å²) in [5, 5.41) is 11.7. The summed E-state index contributed by atoms with van der Waals surface area (Å²) in [6.07, 6.45) is -3.27. The van der Waals surface area contributed by atoms with Crippen LogP contribution in [0.5, 0.6) is 0 Å². The Morgan fingerprint density at radius 2 is 1.90 bits per heavy atom. The highest BCUT2D eigenvalue weighted by Crippen LogP contribution is 2.26. The third-order valence-electron chi connectivity index (χ3n) is 4.18. The smallest absolute Gasteiger partial charge is 0.444 e.